The molecule has 0 aliphatic carbocycles. The second kappa shape index (κ2) is 11.6. The maximum Gasteiger partial charge on any atom is 0.136 e. The van der Waals surface area contributed by atoms with Crippen LogP contribution in [0.3, 0.4) is 0 Å². The molecule has 9 aromatic rings. The van der Waals surface area contributed by atoms with Crippen LogP contribution in [0.4, 0.5) is 0 Å². The monoisotopic (exact) mass is 642 g/mol. The van der Waals surface area contributed by atoms with E-state index in [1.807, 2.05) is 19.1 Å². The maximum atomic E-state index is 6.37. The first-order valence-corrected chi connectivity index (χ1v) is 17.0. The topological polar surface area (TPSA) is 26.3 Å². The third-order valence-electron chi connectivity index (χ3n) is 9.99. The highest BCUT2D eigenvalue weighted by molar-refractivity contribution is 6.23. The molecular formula is C48H34O2. The Hall–Kier alpha value is -6.38. The predicted octanol–water partition coefficient (Wildman–Crippen LogP) is 14.2. The quantitative estimate of drug-likeness (QED) is 0.133. The van der Waals surface area contributed by atoms with Crippen molar-refractivity contribution in [2.24, 2.45) is 0 Å². The van der Waals surface area contributed by atoms with E-state index in [1.54, 1.807) is 0 Å². The second-order valence-electron chi connectivity index (χ2n) is 13.0. The summed E-state index contributed by atoms with van der Waals surface area (Å²) in [5, 5.41) is 11.5. The number of para-hydroxylation sites is 1. The number of allylic oxidation sites excluding steroid dienone is 8. The molecule has 2 aromatic heterocycles. The van der Waals surface area contributed by atoms with Crippen molar-refractivity contribution in [3.63, 3.8) is 0 Å². The molecule has 0 aliphatic rings. The maximum absolute atomic E-state index is 6.37. The lowest BCUT2D eigenvalue weighted by Crippen LogP contribution is -1.93. The lowest BCUT2D eigenvalue weighted by atomic mass is 9.86. The average molecular weight is 643 g/mol. The Balaban J connectivity index is 1.13. The fraction of sp³-hybridized carbons (Fsp3) is 0.0417. The number of rotatable bonds is 6. The highest BCUT2D eigenvalue weighted by Gasteiger charge is 2.17. The van der Waals surface area contributed by atoms with Crippen molar-refractivity contribution < 1.29 is 8.83 Å². The van der Waals surface area contributed by atoms with Crippen LogP contribution in [0.5, 0.6) is 0 Å². The van der Waals surface area contributed by atoms with Crippen LogP contribution in [-0.2, 0) is 0 Å². The Bertz CT molecular complexity index is 2920. The fourth-order valence-electron chi connectivity index (χ4n) is 7.62. The van der Waals surface area contributed by atoms with Crippen molar-refractivity contribution >= 4 is 92.9 Å². The van der Waals surface area contributed by atoms with Gasteiger partial charge in [0.05, 0.1) is 0 Å². The predicted molar refractivity (Wildman–Crippen MR) is 216 cm³/mol. The molecule has 0 N–H and O–H groups in total. The molecule has 2 nitrogen and oxygen atoms in total. The molecule has 0 bridgehead atoms. The van der Waals surface area contributed by atoms with E-state index in [2.05, 4.69) is 154 Å². The molecule has 0 amide bonds. The Kier molecular flexibility index (Phi) is 6.93. The SMILES string of the molecule is C=C(/C=C\C(=C)c1c2ccccc2c(/C(C)=C/C=C\C)c2ccccc12)c1ccc2oc3cc4ccc5oc6ccccc6c5c4cc3c2c1. The van der Waals surface area contributed by atoms with E-state index >= 15 is 0 Å². The Labute approximate surface area is 290 Å². The van der Waals surface area contributed by atoms with E-state index < -0.39 is 0 Å². The van der Waals surface area contributed by atoms with Gasteiger partial charge in [0.15, 0.2) is 0 Å². The van der Waals surface area contributed by atoms with Gasteiger partial charge in [-0.3, -0.25) is 0 Å². The molecule has 2 heteroatoms. The number of benzene rings is 7. The molecule has 7 aromatic carbocycles. The zero-order valence-corrected chi connectivity index (χ0v) is 28.1. The molecule has 0 saturated heterocycles. The van der Waals surface area contributed by atoms with Crippen LogP contribution in [0.15, 0.2) is 168 Å². The average Bonchev–Trinajstić information content (AvgIpc) is 3.71. The van der Waals surface area contributed by atoms with Gasteiger partial charge in [0.25, 0.3) is 0 Å². The Morgan fingerprint density at radius 1 is 0.520 bits per heavy atom. The first kappa shape index (κ1) is 29.7. The van der Waals surface area contributed by atoms with Gasteiger partial charge in [-0.1, -0.05) is 122 Å². The van der Waals surface area contributed by atoms with E-state index in [9.17, 15) is 0 Å². The molecular weight excluding hydrogens is 609 g/mol. The van der Waals surface area contributed by atoms with E-state index in [0.29, 0.717) is 0 Å². The Morgan fingerprint density at radius 3 is 1.82 bits per heavy atom. The van der Waals surface area contributed by atoms with Crippen molar-refractivity contribution in [3.8, 4) is 0 Å². The molecule has 50 heavy (non-hydrogen) atoms. The van der Waals surface area contributed by atoms with Crippen molar-refractivity contribution in [1.82, 2.24) is 0 Å². The highest BCUT2D eigenvalue weighted by atomic mass is 16.3. The summed E-state index contributed by atoms with van der Waals surface area (Å²) in [6.45, 7) is 13.3. The van der Waals surface area contributed by atoms with Gasteiger partial charge in [-0.2, -0.15) is 0 Å². The fourth-order valence-corrected chi connectivity index (χ4v) is 7.62. The summed E-state index contributed by atoms with van der Waals surface area (Å²) in [7, 11) is 0. The third-order valence-corrected chi connectivity index (χ3v) is 9.99. The van der Waals surface area contributed by atoms with Crippen LogP contribution in [0.1, 0.15) is 30.5 Å². The minimum absolute atomic E-state index is 0.852. The molecule has 0 aliphatic heterocycles. The first-order chi connectivity index (χ1) is 24.5. The molecule has 2 heterocycles. The third kappa shape index (κ3) is 4.64. The van der Waals surface area contributed by atoms with Gasteiger partial charge in [-0.25, -0.2) is 0 Å². The van der Waals surface area contributed by atoms with Gasteiger partial charge in [0.1, 0.15) is 22.3 Å². The largest absolute Gasteiger partial charge is 0.456 e. The minimum Gasteiger partial charge on any atom is -0.456 e. The molecule has 0 radical (unpaired) electrons. The van der Waals surface area contributed by atoms with Crippen molar-refractivity contribution in [2.75, 3.05) is 0 Å². The molecule has 238 valence electrons. The standard InChI is InChI=1S/C48H34O2/c1-5-6-13-30(3)46-34-14-7-9-16-36(34)47(37-17-10-8-15-35(37)46)31(4)21-20-29(2)32-22-24-43-40(26-32)41-28-39-33(27-45(41)50-43)23-25-44-48(39)38-18-11-12-19-42(38)49-44/h5-28H,2,4H2,1,3H3/b6-5-,21-20-,30-13+. The second-order valence-corrected chi connectivity index (χ2v) is 13.0. The van der Waals surface area contributed by atoms with Gasteiger partial charge < -0.3 is 8.83 Å². The summed E-state index contributed by atoms with van der Waals surface area (Å²) in [5.41, 5.74) is 10.0. The summed E-state index contributed by atoms with van der Waals surface area (Å²) in [5.74, 6) is 0. The van der Waals surface area contributed by atoms with Crippen LogP contribution in [0.25, 0.3) is 92.9 Å². The van der Waals surface area contributed by atoms with Crippen LogP contribution in [0.2, 0.25) is 0 Å². The molecule has 0 unspecified atom stereocenters. The summed E-state index contributed by atoms with van der Waals surface area (Å²) in [6, 6.07) is 40.4. The van der Waals surface area contributed by atoms with Crippen LogP contribution in [-0.4, -0.2) is 0 Å². The number of furan rings is 2. The van der Waals surface area contributed by atoms with Crippen LogP contribution < -0.4 is 0 Å². The van der Waals surface area contributed by atoms with Crippen LogP contribution in [0, 0.1) is 0 Å². The van der Waals surface area contributed by atoms with Crippen molar-refractivity contribution in [3.05, 3.63) is 175 Å². The summed E-state index contributed by atoms with van der Waals surface area (Å²) in [6.07, 6.45) is 10.5. The summed E-state index contributed by atoms with van der Waals surface area (Å²) >= 11 is 0. The van der Waals surface area contributed by atoms with Gasteiger partial charge in [-0.05, 0) is 116 Å². The molecule has 0 fully saturated rings. The molecule has 0 atom stereocenters. The summed E-state index contributed by atoms with van der Waals surface area (Å²) in [4.78, 5) is 0. The van der Waals surface area contributed by atoms with E-state index in [4.69, 9.17) is 8.83 Å². The zero-order chi connectivity index (χ0) is 33.9. The lowest BCUT2D eigenvalue weighted by Gasteiger charge is -2.17. The highest BCUT2D eigenvalue weighted by Crippen LogP contribution is 2.41. The van der Waals surface area contributed by atoms with Gasteiger partial charge in [-0.15, -0.1) is 0 Å². The van der Waals surface area contributed by atoms with Gasteiger partial charge in [0.2, 0.25) is 0 Å². The number of hydrogen-bond acceptors (Lipinski definition) is 2. The van der Waals surface area contributed by atoms with E-state index in [1.165, 1.54) is 32.7 Å². The van der Waals surface area contributed by atoms with Gasteiger partial charge >= 0.3 is 0 Å². The Morgan fingerprint density at radius 2 is 1.10 bits per heavy atom. The lowest BCUT2D eigenvalue weighted by molar-refractivity contribution is 0.668. The zero-order valence-electron chi connectivity index (χ0n) is 28.1. The minimum atomic E-state index is 0.852. The molecule has 0 saturated carbocycles. The van der Waals surface area contributed by atoms with Crippen LogP contribution >= 0.6 is 0 Å². The van der Waals surface area contributed by atoms with E-state index in [0.717, 1.165) is 76.9 Å². The smallest absolute Gasteiger partial charge is 0.136 e. The van der Waals surface area contributed by atoms with Gasteiger partial charge in [0, 0.05) is 21.5 Å². The first-order valence-electron chi connectivity index (χ1n) is 17.0. The molecule has 0 spiro atoms. The normalized spacial score (nSPS) is 12.7. The van der Waals surface area contributed by atoms with Crippen molar-refractivity contribution in [1.29, 1.82) is 0 Å². The summed E-state index contributed by atoms with van der Waals surface area (Å²) < 4.78 is 12.6. The van der Waals surface area contributed by atoms with Crippen molar-refractivity contribution in [2.45, 2.75) is 13.8 Å². The number of hydrogen-bond donors (Lipinski definition) is 0. The molecule has 9 rings (SSSR count). The van der Waals surface area contributed by atoms with E-state index in [-0.39, 0.29) is 0 Å². The number of fused-ring (bicyclic) bond motifs is 10.